The third-order valence-electron chi connectivity index (χ3n) is 6.26. The zero-order valence-electron chi connectivity index (χ0n) is 12.0. The molecule has 2 bridgehead atoms. The smallest absolute Gasteiger partial charge is 0.110 e. The Balaban J connectivity index is 1.63. The van der Waals surface area contributed by atoms with Gasteiger partial charge in [-0.15, -0.1) is 11.3 Å². The van der Waals surface area contributed by atoms with Crippen molar-refractivity contribution in [3.63, 3.8) is 0 Å². The van der Waals surface area contributed by atoms with Crippen LogP contribution in [0.2, 0.25) is 0 Å². The summed E-state index contributed by atoms with van der Waals surface area (Å²) in [6.07, 6.45) is 8.59. The fourth-order valence-corrected chi connectivity index (χ4v) is 6.45. The fourth-order valence-electron chi connectivity index (χ4n) is 5.29. The molecule has 6 rings (SSSR count). The Morgan fingerprint density at radius 2 is 2.00 bits per heavy atom. The lowest BCUT2D eigenvalue weighted by atomic mass is 9.67. The third kappa shape index (κ3) is 1.52. The number of piperidine rings is 3. The largest absolute Gasteiger partial charge is 0.365 e. The molecule has 3 saturated heterocycles. The molecule has 0 radical (unpaired) electrons. The molecule has 4 aliphatic heterocycles. The quantitative estimate of drug-likeness (QED) is 0.721. The van der Waals surface area contributed by atoms with Crippen molar-refractivity contribution in [2.75, 3.05) is 19.6 Å². The summed E-state index contributed by atoms with van der Waals surface area (Å²) >= 11 is 2.01. The lowest BCUT2D eigenvalue weighted by molar-refractivity contribution is -0.206. The van der Waals surface area contributed by atoms with Gasteiger partial charge in [0.1, 0.15) is 5.60 Å². The van der Waals surface area contributed by atoms with Gasteiger partial charge in [-0.2, -0.15) is 0 Å². The molecule has 1 aromatic rings. The van der Waals surface area contributed by atoms with E-state index in [4.69, 9.17) is 4.74 Å². The van der Waals surface area contributed by atoms with Crippen molar-refractivity contribution in [2.45, 2.75) is 56.1 Å². The number of hydrogen-bond donors (Lipinski definition) is 0. The fraction of sp³-hybridized carbons (Fsp3) is 0.765. The monoisotopic (exact) mass is 289 g/mol. The number of ether oxygens (including phenoxy) is 1. The molecule has 1 spiro atoms. The van der Waals surface area contributed by atoms with Crippen LogP contribution in [0.4, 0.5) is 0 Å². The topological polar surface area (TPSA) is 12.5 Å². The molecule has 5 aliphatic rings. The minimum absolute atomic E-state index is 0.0599. The van der Waals surface area contributed by atoms with Crippen molar-refractivity contribution in [3.05, 3.63) is 21.9 Å². The first-order valence-electron chi connectivity index (χ1n) is 8.35. The van der Waals surface area contributed by atoms with Gasteiger partial charge in [-0.25, -0.2) is 0 Å². The van der Waals surface area contributed by atoms with E-state index in [-0.39, 0.29) is 5.60 Å². The number of nitrogens with zero attached hydrogens (tertiary/aromatic N) is 1. The van der Waals surface area contributed by atoms with Crippen molar-refractivity contribution in [2.24, 2.45) is 5.92 Å². The number of thiophene rings is 1. The average molecular weight is 289 g/mol. The molecule has 3 atom stereocenters. The molecule has 0 unspecified atom stereocenters. The zero-order valence-corrected chi connectivity index (χ0v) is 12.8. The highest BCUT2D eigenvalue weighted by Gasteiger charge is 2.55. The Morgan fingerprint density at radius 1 is 1.15 bits per heavy atom. The maximum atomic E-state index is 6.90. The maximum Gasteiger partial charge on any atom is 0.110 e. The first kappa shape index (κ1) is 12.2. The van der Waals surface area contributed by atoms with Gasteiger partial charge < -0.3 is 9.64 Å². The molecule has 4 fully saturated rings. The van der Waals surface area contributed by atoms with E-state index in [1.165, 1.54) is 51.6 Å². The van der Waals surface area contributed by atoms with Crippen molar-refractivity contribution in [1.29, 1.82) is 0 Å². The standard InChI is InChI=1S/C17H23NOS/c1-2-4-15-13(3-1)16-14(7-10-20-16)17(19-15)11-18-8-5-12(17)6-9-18/h7,10,12-13,15H,1-6,8-9,11H2/t13-,15+,17-/m1/s1. The third-order valence-corrected chi connectivity index (χ3v) is 7.31. The molecule has 1 aromatic heterocycles. The summed E-state index contributed by atoms with van der Waals surface area (Å²) in [5, 5.41) is 2.32. The van der Waals surface area contributed by atoms with E-state index >= 15 is 0 Å². The second-order valence-electron chi connectivity index (χ2n) is 7.19. The Morgan fingerprint density at radius 3 is 2.80 bits per heavy atom. The molecule has 20 heavy (non-hydrogen) atoms. The summed E-state index contributed by atoms with van der Waals surface area (Å²) in [6.45, 7) is 3.75. The van der Waals surface area contributed by atoms with Gasteiger partial charge in [0.15, 0.2) is 0 Å². The van der Waals surface area contributed by atoms with Gasteiger partial charge in [-0.3, -0.25) is 0 Å². The molecule has 2 nitrogen and oxygen atoms in total. The van der Waals surface area contributed by atoms with Crippen molar-refractivity contribution in [1.82, 2.24) is 4.90 Å². The van der Waals surface area contributed by atoms with Gasteiger partial charge in [-0.05, 0) is 61.7 Å². The van der Waals surface area contributed by atoms with Gasteiger partial charge in [0.05, 0.1) is 6.10 Å². The lowest BCUT2D eigenvalue weighted by Crippen LogP contribution is -2.61. The highest BCUT2D eigenvalue weighted by Crippen LogP contribution is 2.55. The van der Waals surface area contributed by atoms with Crippen LogP contribution in [0, 0.1) is 5.92 Å². The Kier molecular flexibility index (Phi) is 2.63. The molecular formula is C17H23NOS. The average Bonchev–Trinajstić information content (AvgIpc) is 2.99. The van der Waals surface area contributed by atoms with Crippen LogP contribution in [0.1, 0.15) is 54.9 Å². The summed E-state index contributed by atoms with van der Waals surface area (Å²) in [7, 11) is 0. The van der Waals surface area contributed by atoms with Crippen LogP contribution in [0.15, 0.2) is 11.4 Å². The molecule has 0 aromatic carbocycles. The Labute approximate surface area is 125 Å². The number of fused-ring (bicyclic) bond motifs is 5. The predicted octanol–water partition coefficient (Wildman–Crippen LogP) is 3.73. The molecule has 1 saturated carbocycles. The number of hydrogen-bond acceptors (Lipinski definition) is 3. The van der Waals surface area contributed by atoms with Crippen LogP contribution < -0.4 is 0 Å². The van der Waals surface area contributed by atoms with E-state index in [1.807, 2.05) is 11.3 Å². The van der Waals surface area contributed by atoms with Gasteiger partial charge in [-0.1, -0.05) is 12.8 Å². The van der Waals surface area contributed by atoms with E-state index in [0.717, 1.165) is 12.5 Å². The van der Waals surface area contributed by atoms with Gasteiger partial charge in [0.25, 0.3) is 0 Å². The molecule has 1 aliphatic carbocycles. The van der Waals surface area contributed by atoms with Crippen LogP contribution in [0.3, 0.4) is 0 Å². The second kappa shape index (κ2) is 4.31. The number of rotatable bonds is 0. The molecule has 0 N–H and O–H groups in total. The van der Waals surface area contributed by atoms with E-state index in [0.29, 0.717) is 12.0 Å². The summed E-state index contributed by atoms with van der Waals surface area (Å²) < 4.78 is 6.90. The highest BCUT2D eigenvalue weighted by molar-refractivity contribution is 7.10. The lowest BCUT2D eigenvalue weighted by Gasteiger charge is -2.57. The Hall–Kier alpha value is -0.380. The maximum absolute atomic E-state index is 6.90. The Bertz CT molecular complexity index is 519. The normalized spacial score (nSPS) is 46.2. The second-order valence-corrected chi connectivity index (χ2v) is 8.13. The van der Waals surface area contributed by atoms with Crippen LogP contribution in [0.5, 0.6) is 0 Å². The van der Waals surface area contributed by atoms with E-state index in [9.17, 15) is 0 Å². The minimum atomic E-state index is 0.0599. The molecule has 108 valence electrons. The van der Waals surface area contributed by atoms with Gasteiger partial charge in [0, 0.05) is 17.3 Å². The van der Waals surface area contributed by atoms with E-state index in [1.54, 1.807) is 10.4 Å². The first-order chi connectivity index (χ1) is 9.87. The van der Waals surface area contributed by atoms with E-state index < -0.39 is 0 Å². The zero-order chi connectivity index (χ0) is 13.2. The molecule has 5 heterocycles. The molecule has 0 amide bonds. The first-order valence-corrected chi connectivity index (χ1v) is 9.23. The van der Waals surface area contributed by atoms with Crippen molar-refractivity contribution >= 4 is 11.3 Å². The van der Waals surface area contributed by atoms with Crippen LogP contribution in [-0.4, -0.2) is 30.6 Å². The minimum Gasteiger partial charge on any atom is -0.365 e. The molecular weight excluding hydrogens is 266 g/mol. The van der Waals surface area contributed by atoms with E-state index in [2.05, 4.69) is 16.3 Å². The van der Waals surface area contributed by atoms with Crippen molar-refractivity contribution < 1.29 is 4.74 Å². The summed E-state index contributed by atoms with van der Waals surface area (Å²) in [5.74, 6) is 1.48. The van der Waals surface area contributed by atoms with Crippen LogP contribution in [0.25, 0.3) is 0 Å². The SMILES string of the molecule is c1cc2c(s1)[C@@H]1CCCC[C@@H]1O[C@@]21CN2CCC1CC2. The van der Waals surface area contributed by atoms with Crippen LogP contribution in [-0.2, 0) is 10.3 Å². The van der Waals surface area contributed by atoms with Gasteiger partial charge in [0.2, 0.25) is 0 Å². The highest BCUT2D eigenvalue weighted by atomic mass is 32.1. The molecule has 3 heteroatoms. The predicted molar refractivity (Wildman–Crippen MR) is 81.2 cm³/mol. The summed E-state index contributed by atoms with van der Waals surface area (Å²) in [5.41, 5.74) is 1.64. The summed E-state index contributed by atoms with van der Waals surface area (Å²) in [4.78, 5) is 4.33. The van der Waals surface area contributed by atoms with Crippen molar-refractivity contribution in [3.8, 4) is 0 Å². The summed E-state index contributed by atoms with van der Waals surface area (Å²) in [6, 6.07) is 2.40. The van der Waals surface area contributed by atoms with Crippen LogP contribution >= 0.6 is 11.3 Å². The van der Waals surface area contributed by atoms with Gasteiger partial charge >= 0.3 is 0 Å².